The van der Waals surface area contributed by atoms with Crippen molar-refractivity contribution in [2.45, 2.75) is 0 Å². The molecule has 0 fully saturated rings. The van der Waals surface area contributed by atoms with Crippen LogP contribution in [0.1, 0.15) is 10.4 Å². The van der Waals surface area contributed by atoms with E-state index in [1.165, 1.54) is 12.1 Å². The van der Waals surface area contributed by atoms with Crippen molar-refractivity contribution < 1.29 is 28.4 Å². The zero-order valence-electron chi connectivity index (χ0n) is 7.57. The summed E-state index contributed by atoms with van der Waals surface area (Å²) in [4.78, 5) is 27.8. The summed E-state index contributed by atoms with van der Waals surface area (Å²) in [5.41, 5.74) is 0.284. The van der Waals surface area contributed by atoms with Crippen LogP contribution in [0.2, 0.25) is 0 Å². The fraction of sp³-hybridized carbons (Fsp3) is 0.125. The Labute approximate surface area is 85.7 Å². The number of benzene rings is 1. The van der Waals surface area contributed by atoms with Crippen molar-refractivity contribution in [1.82, 2.24) is 0 Å². The summed E-state index contributed by atoms with van der Waals surface area (Å²) in [6.45, 7) is -0.780. The van der Waals surface area contributed by atoms with E-state index in [0.717, 1.165) is 0 Å². The number of hydrogen-bond donors (Lipinski definition) is 2. The van der Waals surface area contributed by atoms with Gasteiger partial charge in [-0.2, -0.15) is 0 Å². The molecule has 0 unspecified atom stereocenters. The highest BCUT2D eigenvalue weighted by atomic mass is 31.2. The molecule has 6 nitrogen and oxygen atoms in total. The van der Waals surface area contributed by atoms with Gasteiger partial charge in [-0.15, -0.1) is 0 Å². The van der Waals surface area contributed by atoms with Crippen LogP contribution in [0.15, 0.2) is 30.3 Å². The minimum atomic E-state index is -4.59. The van der Waals surface area contributed by atoms with Gasteiger partial charge in [-0.1, -0.05) is 18.2 Å². The molecule has 1 rings (SSSR count). The number of phosphoric acid groups is 1. The number of carbonyl (C=O) groups is 1. The van der Waals surface area contributed by atoms with E-state index in [1.54, 1.807) is 18.2 Å². The van der Waals surface area contributed by atoms with Crippen LogP contribution >= 0.6 is 7.82 Å². The van der Waals surface area contributed by atoms with Crippen molar-refractivity contribution in [2.24, 2.45) is 0 Å². The highest BCUT2D eigenvalue weighted by Gasteiger charge is 2.15. The first-order valence-corrected chi connectivity index (χ1v) is 5.44. The Kier molecular flexibility index (Phi) is 3.99. The maximum Gasteiger partial charge on any atom is 0.472 e. The molecule has 1 aromatic rings. The van der Waals surface area contributed by atoms with Gasteiger partial charge in [-0.3, -0.25) is 0 Å². The van der Waals surface area contributed by atoms with Crippen molar-refractivity contribution in [3.8, 4) is 0 Å². The SMILES string of the molecule is O=C(OCOP(=O)(O)O)c1ccccc1. The van der Waals surface area contributed by atoms with E-state index < -0.39 is 20.6 Å². The average Bonchev–Trinajstić information content (AvgIpc) is 2.17. The third kappa shape index (κ3) is 4.71. The second-order valence-electron chi connectivity index (χ2n) is 2.54. The molecule has 7 heteroatoms. The zero-order chi connectivity index (χ0) is 11.3. The van der Waals surface area contributed by atoms with Crippen LogP contribution in [0.4, 0.5) is 0 Å². The van der Waals surface area contributed by atoms with E-state index in [-0.39, 0.29) is 5.56 Å². The number of carbonyl (C=O) groups excluding carboxylic acids is 1. The largest absolute Gasteiger partial charge is 0.472 e. The second-order valence-corrected chi connectivity index (χ2v) is 3.77. The maximum absolute atomic E-state index is 11.2. The molecule has 0 spiro atoms. The Morgan fingerprint density at radius 1 is 1.27 bits per heavy atom. The standard InChI is InChI=1S/C8H9O6P/c9-8(7-4-2-1-3-5-7)13-6-14-15(10,11)12/h1-5H,6H2,(H2,10,11,12). The maximum atomic E-state index is 11.2. The molecule has 0 radical (unpaired) electrons. The number of esters is 1. The summed E-state index contributed by atoms with van der Waals surface area (Å²) in [5.74, 6) is -0.705. The lowest BCUT2D eigenvalue weighted by Gasteiger charge is -2.06. The van der Waals surface area contributed by atoms with Crippen LogP contribution in [0.3, 0.4) is 0 Å². The summed E-state index contributed by atoms with van der Waals surface area (Å²) in [6, 6.07) is 8.03. The van der Waals surface area contributed by atoms with Crippen molar-refractivity contribution in [2.75, 3.05) is 6.79 Å². The average molecular weight is 232 g/mol. The highest BCUT2D eigenvalue weighted by molar-refractivity contribution is 7.46. The number of hydrogen-bond acceptors (Lipinski definition) is 4. The van der Waals surface area contributed by atoms with Crippen molar-refractivity contribution in [3.63, 3.8) is 0 Å². The predicted molar refractivity (Wildman–Crippen MR) is 49.9 cm³/mol. The molecular formula is C8H9O6P. The Morgan fingerprint density at radius 2 is 1.87 bits per heavy atom. The van der Waals surface area contributed by atoms with Crippen molar-refractivity contribution >= 4 is 13.8 Å². The number of phosphoric ester groups is 1. The zero-order valence-corrected chi connectivity index (χ0v) is 8.46. The van der Waals surface area contributed by atoms with E-state index in [9.17, 15) is 9.36 Å². The molecule has 0 bridgehead atoms. The Morgan fingerprint density at radius 3 is 2.40 bits per heavy atom. The molecule has 0 atom stereocenters. The fourth-order valence-corrected chi connectivity index (χ4v) is 0.996. The van der Waals surface area contributed by atoms with Crippen LogP contribution in [0.25, 0.3) is 0 Å². The predicted octanol–water partition coefficient (Wildman–Crippen LogP) is 0.910. The van der Waals surface area contributed by atoms with Crippen LogP contribution in [0, 0.1) is 0 Å². The van der Waals surface area contributed by atoms with Crippen LogP contribution in [-0.4, -0.2) is 22.5 Å². The van der Waals surface area contributed by atoms with E-state index in [2.05, 4.69) is 9.26 Å². The molecule has 0 aromatic heterocycles. The topological polar surface area (TPSA) is 93.1 Å². The Hall–Kier alpha value is -1.20. The first-order chi connectivity index (χ1) is 6.99. The van der Waals surface area contributed by atoms with Gasteiger partial charge in [-0.05, 0) is 12.1 Å². The summed E-state index contributed by atoms with van der Waals surface area (Å²) in [5, 5.41) is 0. The van der Waals surface area contributed by atoms with E-state index in [4.69, 9.17) is 9.79 Å². The summed E-state index contributed by atoms with van der Waals surface area (Å²) >= 11 is 0. The fourth-order valence-electron chi connectivity index (χ4n) is 0.806. The Balaban J connectivity index is 2.41. The van der Waals surface area contributed by atoms with Crippen molar-refractivity contribution in [3.05, 3.63) is 35.9 Å². The number of rotatable bonds is 4. The molecule has 0 aliphatic heterocycles. The molecule has 0 aliphatic rings. The summed E-state index contributed by atoms with van der Waals surface area (Å²) in [6.07, 6.45) is 0. The smallest absolute Gasteiger partial charge is 0.434 e. The molecule has 0 aliphatic carbocycles. The van der Waals surface area contributed by atoms with Crippen LogP contribution in [-0.2, 0) is 13.8 Å². The highest BCUT2D eigenvalue weighted by Crippen LogP contribution is 2.35. The minimum absolute atomic E-state index is 0.284. The second kappa shape index (κ2) is 5.04. The van der Waals surface area contributed by atoms with Gasteiger partial charge in [0.2, 0.25) is 6.79 Å². The van der Waals surface area contributed by atoms with Crippen LogP contribution in [0.5, 0.6) is 0 Å². The summed E-state index contributed by atoms with van der Waals surface area (Å²) < 4.78 is 18.6. The monoisotopic (exact) mass is 232 g/mol. The minimum Gasteiger partial charge on any atom is -0.434 e. The molecule has 0 amide bonds. The first-order valence-electron chi connectivity index (χ1n) is 3.91. The third-order valence-electron chi connectivity index (χ3n) is 1.42. The van der Waals surface area contributed by atoms with Gasteiger partial charge in [0.25, 0.3) is 0 Å². The van der Waals surface area contributed by atoms with Crippen molar-refractivity contribution in [1.29, 1.82) is 0 Å². The molecule has 1 aromatic carbocycles. The van der Waals surface area contributed by atoms with Gasteiger partial charge in [0.15, 0.2) is 0 Å². The quantitative estimate of drug-likeness (QED) is 0.455. The Bertz CT molecular complexity index is 370. The summed E-state index contributed by atoms with van der Waals surface area (Å²) in [7, 11) is -4.59. The normalized spacial score (nSPS) is 11.1. The lowest BCUT2D eigenvalue weighted by Crippen LogP contribution is -2.07. The van der Waals surface area contributed by atoms with Gasteiger partial charge >= 0.3 is 13.8 Å². The molecule has 2 N–H and O–H groups in total. The van der Waals surface area contributed by atoms with E-state index >= 15 is 0 Å². The number of ether oxygens (including phenoxy) is 1. The molecule has 0 saturated heterocycles. The molecule has 0 saturated carbocycles. The molecule has 0 heterocycles. The first kappa shape index (κ1) is 11.9. The molecular weight excluding hydrogens is 223 g/mol. The third-order valence-corrected chi connectivity index (χ3v) is 1.86. The lowest BCUT2D eigenvalue weighted by molar-refractivity contribution is 0.00651. The van der Waals surface area contributed by atoms with E-state index in [0.29, 0.717) is 0 Å². The van der Waals surface area contributed by atoms with Gasteiger partial charge in [-0.25, -0.2) is 13.9 Å². The van der Waals surface area contributed by atoms with E-state index in [1.807, 2.05) is 0 Å². The van der Waals surface area contributed by atoms with Gasteiger partial charge in [0.1, 0.15) is 0 Å². The van der Waals surface area contributed by atoms with Gasteiger partial charge < -0.3 is 14.5 Å². The van der Waals surface area contributed by atoms with Gasteiger partial charge in [0.05, 0.1) is 5.56 Å². The molecule has 82 valence electrons. The lowest BCUT2D eigenvalue weighted by atomic mass is 10.2. The van der Waals surface area contributed by atoms with Gasteiger partial charge in [0, 0.05) is 0 Å². The van der Waals surface area contributed by atoms with Crippen LogP contribution < -0.4 is 0 Å². The molecule has 15 heavy (non-hydrogen) atoms.